The molecule has 13 nitrogen and oxygen atoms in total. The summed E-state index contributed by atoms with van der Waals surface area (Å²) in [5.41, 5.74) is 3.50. The summed E-state index contributed by atoms with van der Waals surface area (Å²) < 4.78 is 10.9. The molecule has 3 fully saturated rings. The summed E-state index contributed by atoms with van der Waals surface area (Å²) in [5.74, 6) is 3.75. The van der Waals surface area contributed by atoms with Crippen molar-refractivity contribution in [3.05, 3.63) is 121 Å². The van der Waals surface area contributed by atoms with Crippen LogP contribution in [-0.4, -0.2) is 79.8 Å². The fraction of sp³-hybridized carbons (Fsp3) is 0.372. The highest BCUT2D eigenvalue weighted by atomic mass is 16.5. The lowest BCUT2D eigenvalue weighted by Gasteiger charge is -2.34. The summed E-state index contributed by atoms with van der Waals surface area (Å²) in [6.07, 6.45) is 20.6. The quantitative estimate of drug-likeness (QED) is 0.120. The minimum atomic E-state index is -0.159. The van der Waals surface area contributed by atoms with Crippen molar-refractivity contribution in [2.45, 2.75) is 76.4 Å². The van der Waals surface area contributed by atoms with E-state index in [1.54, 1.807) is 62.2 Å². The summed E-state index contributed by atoms with van der Waals surface area (Å²) in [7, 11) is 1.65. The number of nitrogens with one attached hydrogen (secondary N) is 2. The third-order valence-electron chi connectivity index (χ3n) is 9.77. The summed E-state index contributed by atoms with van der Waals surface area (Å²) in [6.45, 7) is 4.83. The van der Waals surface area contributed by atoms with E-state index in [9.17, 15) is 9.59 Å². The lowest BCUT2D eigenvalue weighted by Crippen LogP contribution is -2.46. The first-order valence-corrected chi connectivity index (χ1v) is 19.4. The van der Waals surface area contributed by atoms with E-state index in [-0.39, 0.29) is 14.8 Å². The van der Waals surface area contributed by atoms with Crippen LogP contribution in [0.4, 0.5) is 11.4 Å². The molecule has 13 heteroatoms. The highest BCUT2D eigenvalue weighted by molar-refractivity contribution is 5.94. The van der Waals surface area contributed by atoms with Crippen LogP contribution in [0.25, 0.3) is 0 Å². The van der Waals surface area contributed by atoms with E-state index in [1.807, 2.05) is 48.8 Å². The number of hydrogen-bond acceptors (Lipinski definition) is 11. The van der Waals surface area contributed by atoms with Crippen LogP contribution in [0.5, 0.6) is 17.2 Å². The zero-order chi connectivity index (χ0) is 38.8. The largest absolute Gasteiger partial charge is 0.495 e. The number of rotatable bonds is 12. The fourth-order valence-electron chi connectivity index (χ4n) is 6.68. The second kappa shape index (κ2) is 21.3. The molecule has 2 saturated heterocycles. The van der Waals surface area contributed by atoms with Crippen LogP contribution < -0.4 is 20.1 Å². The molecular weight excluding hydrogens is 707 g/mol. The van der Waals surface area contributed by atoms with Gasteiger partial charge in [-0.15, -0.1) is 0 Å². The molecule has 1 saturated carbocycles. The van der Waals surface area contributed by atoms with Gasteiger partial charge in [-0.3, -0.25) is 34.3 Å². The van der Waals surface area contributed by atoms with Crippen molar-refractivity contribution in [1.82, 2.24) is 34.7 Å². The van der Waals surface area contributed by atoms with Crippen molar-refractivity contribution in [3.63, 3.8) is 0 Å². The molecule has 4 aromatic heterocycles. The number of ether oxygens (including phenoxy) is 2. The SMILES string of the molecule is COc1cccnc1CN1CCCC[C@@H]1C(=O)Nc1ccc(C2CC2)nc1.O=CNc1ccc(Oc2cccnc2)cc1.[HH].[HH].c1cnc(CN2CCCCC2)nc1. The van der Waals surface area contributed by atoms with Gasteiger partial charge in [-0.25, -0.2) is 9.97 Å². The topological polar surface area (TPSA) is 148 Å². The molecular formula is C43H55N9O4. The van der Waals surface area contributed by atoms with Gasteiger partial charge in [0.1, 0.15) is 23.1 Å². The number of pyridine rings is 3. The first-order chi connectivity index (χ1) is 27.6. The number of amides is 2. The van der Waals surface area contributed by atoms with Gasteiger partial charge in [0.2, 0.25) is 12.3 Å². The smallest absolute Gasteiger partial charge is 0.241 e. The van der Waals surface area contributed by atoms with Crippen molar-refractivity contribution in [2.24, 2.45) is 0 Å². The maximum absolute atomic E-state index is 12.9. The van der Waals surface area contributed by atoms with Gasteiger partial charge in [0, 0.05) is 51.5 Å². The Morgan fingerprint density at radius 3 is 2.21 bits per heavy atom. The van der Waals surface area contributed by atoms with Crippen LogP contribution in [0.15, 0.2) is 104 Å². The fourth-order valence-corrected chi connectivity index (χ4v) is 6.68. The summed E-state index contributed by atoms with van der Waals surface area (Å²) in [4.78, 5) is 49.1. The number of aromatic nitrogens is 5. The molecule has 2 aliphatic heterocycles. The molecule has 296 valence electrons. The Kier molecular flexibility index (Phi) is 15.2. The zero-order valence-electron chi connectivity index (χ0n) is 32.0. The van der Waals surface area contributed by atoms with Gasteiger partial charge in [0.25, 0.3) is 0 Å². The predicted molar refractivity (Wildman–Crippen MR) is 220 cm³/mol. The molecule has 56 heavy (non-hydrogen) atoms. The number of likely N-dealkylation sites (tertiary alicyclic amines) is 2. The van der Waals surface area contributed by atoms with Gasteiger partial charge >= 0.3 is 0 Å². The van der Waals surface area contributed by atoms with Crippen molar-refractivity contribution < 1.29 is 21.9 Å². The normalized spacial score (nSPS) is 16.8. The van der Waals surface area contributed by atoms with E-state index >= 15 is 0 Å². The number of carbonyl (C=O) groups excluding carboxylic acids is 2. The molecule has 2 N–H and O–H groups in total. The highest BCUT2D eigenvalue weighted by Crippen LogP contribution is 2.39. The van der Waals surface area contributed by atoms with Gasteiger partial charge in [-0.2, -0.15) is 0 Å². The monoisotopic (exact) mass is 761 g/mol. The number of benzene rings is 1. The van der Waals surface area contributed by atoms with E-state index in [2.05, 4.69) is 45.4 Å². The van der Waals surface area contributed by atoms with Crippen molar-refractivity contribution in [3.8, 4) is 17.2 Å². The second-order valence-electron chi connectivity index (χ2n) is 13.9. The van der Waals surface area contributed by atoms with Crippen LogP contribution in [-0.2, 0) is 22.7 Å². The van der Waals surface area contributed by atoms with Gasteiger partial charge in [0.05, 0.1) is 43.5 Å². The molecule has 1 aromatic carbocycles. The third-order valence-corrected chi connectivity index (χ3v) is 9.77. The number of methoxy groups -OCH3 is 1. The van der Waals surface area contributed by atoms with E-state index in [0.717, 1.165) is 66.7 Å². The van der Waals surface area contributed by atoms with E-state index < -0.39 is 0 Å². The Morgan fingerprint density at radius 2 is 1.52 bits per heavy atom. The first kappa shape index (κ1) is 39.9. The van der Waals surface area contributed by atoms with Crippen molar-refractivity contribution in [1.29, 1.82) is 0 Å². The molecule has 0 bridgehead atoms. The molecule has 1 atom stereocenters. The molecule has 6 heterocycles. The Balaban J connectivity index is 0.000000205. The van der Waals surface area contributed by atoms with Crippen LogP contribution in [0.2, 0.25) is 0 Å². The molecule has 0 spiro atoms. The van der Waals surface area contributed by atoms with Crippen molar-refractivity contribution >= 4 is 23.7 Å². The lowest BCUT2D eigenvalue weighted by atomic mass is 10.0. The highest BCUT2D eigenvalue weighted by Gasteiger charge is 2.30. The van der Waals surface area contributed by atoms with Crippen LogP contribution >= 0.6 is 0 Å². The summed E-state index contributed by atoms with van der Waals surface area (Å²) in [6, 6.07) is 20.2. The number of anilines is 2. The van der Waals surface area contributed by atoms with Crippen molar-refractivity contribution in [2.75, 3.05) is 37.4 Å². The second-order valence-corrected chi connectivity index (χ2v) is 13.9. The van der Waals surface area contributed by atoms with E-state index in [4.69, 9.17) is 9.47 Å². The zero-order valence-corrected chi connectivity index (χ0v) is 32.0. The molecule has 3 aliphatic rings. The molecule has 8 rings (SSSR count). The molecule has 2 amide bonds. The minimum absolute atomic E-state index is 0. The molecule has 0 radical (unpaired) electrons. The van der Waals surface area contributed by atoms with E-state index in [1.165, 1.54) is 45.2 Å². The standard InChI is InChI=1S/C21H26N4O2.C12H10N2O2.C10H15N3.2H2/c1-27-20-6-4-11-22-18(20)14-25-12-3-2-5-19(25)21(26)24-16-9-10-17(23-13-16)15-7-8-15;15-9-14-10-3-5-11(6-4-10)16-12-2-1-7-13-8-12;1-2-7-13(8-3-1)9-10-11-5-4-6-12-10;;/h4,6,9-11,13,15,19H,2-3,5,7-8,12,14H2,1H3,(H,24,26);1-9H,(H,14,15);4-6H,1-3,7-9H2;2*1H/t19-;;;;/m1..../s1. The number of piperidine rings is 2. The Labute approximate surface area is 331 Å². The lowest BCUT2D eigenvalue weighted by molar-refractivity contribution is -0.122. The average molecular weight is 762 g/mol. The average Bonchev–Trinajstić information content (AvgIpc) is 4.10. The molecule has 0 unspecified atom stereocenters. The number of hydrogen-bond donors (Lipinski definition) is 2. The van der Waals surface area contributed by atoms with Gasteiger partial charge < -0.3 is 20.1 Å². The molecule has 5 aromatic rings. The Morgan fingerprint density at radius 1 is 0.768 bits per heavy atom. The minimum Gasteiger partial charge on any atom is -0.495 e. The Bertz CT molecular complexity index is 1920. The summed E-state index contributed by atoms with van der Waals surface area (Å²) >= 11 is 0. The summed E-state index contributed by atoms with van der Waals surface area (Å²) in [5, 5.41) is 5.60. The van der Waals surface area contributed by atoms with Gasteiger partial charge in [-0.1, -0.05) is 12.8 Å². The Hall–Kier alpha value is -5.79. The maximum atomic E-state index is 12.9. The van der Waals surface area contributed by atoms with Gasteiger partial charge in [0.15, 0.2) is 0 Å². The first-order valence-electron chi connectivity index (χ1n) is 19.4. The van der Waals surface area contributed by atoms with Gasteiger partial charge in [-0.05, 0) is 125 Å². The number of nitrogens with zero attached hydrogens (tertiary/aromatic N) is 7. The molecule has 1 aliphatic carbocycles. The predicted octanol–water partition coefficient (Wildman–Crippen LogP) is 7.75. The third kappa shape index (κ3) is 12.6. The van der Waals surface area contributed by atoms with E-state index in [0.29, 0.717) is 30.4 Å². The van der Waals surface area contributed by atoms with Crippen LogP contribution in [0.1, 0.15) is 77.4 Å². The van der Waals surface area contributed by atoms with Crippen LogP contribution in [0.3, 0.4) is 0 Å². The maximum Gasteiger partial charge on any atom is 0.241 e. The number of carbonyl (C=O) groups is 2. The van der Waals surface area contributed by atoms with Crippen LogP contribution in [0, 0.1) is 0 Å².